The van der Waals surface area contributed by atoms with Crippen molar-refractivity contribution in [3.8, 4) is 0 Å². The van der Waals surface area contributed by atoms with Crippen LogP contribution in [0.2, 0.25) is 0 Å². The van der Waals surface area contributed by atoms with Crippen molar-refractivity contribution in [2.75, 3.05) is 13.1 Å². The fraction of sp³-hybridized carbons (Fsp3) is 0.263. The predicted molar refractivity (Wildman–Crippen MR) is 87.4 cm³/mol. The van der Waals surface area contributed by atoms with E-state index in [0.717, 1.165) is 11.1 Å². The van der Waals surface area contributed by atoms with Crippen LogP contribution >= 0.6 is 0 Å². The first-order chi connectivity index (χ1) is 11.1. The lowest BCUT2D eigenvalue weighted by Crippen LogP contribution is -2.29. The Balaban J connectivity index is 1.84. The van der Waals surface area contributed by atoms with Crippen LogP contribution in [0, 0.1) is 12.8 Å². The molecule has 0 bridgehead atoms. The van der Waals surface area contributed by atoms with Crippen LogP contribution in [0.15, 0.2) is 54.6 Å². The van der Waals surface area contributed by atoms with Gasteiger partial charge in [0, 0.05) is 24.6 Å². The lowest BCUT2D eigenvalue weighted by molar-refractivity contribution is -0.141. The number of benzene rings is 2. The van der Waals surface area contributed by atoms with Gasteiger partial charge in [-0.25, -0.2) is 0 Å². The monoisotopic (exact) mass is 309 g/mol. The van der Waals surface area contributed by atoms with Crippen molar-refractivity contribution >= 4 is 11.9 Å². The molecule has 0 aromatic heterocycles. The number of likely N-dealkylation sites (tertiary alicyclic amines) is 1. The van der Waals surface area contributed by atoms with Crippen LogP contribution in [-0.4, -0.2) is 35.0 Å². The second-order valence-electron chi connectivity index (χ2n) is 6.04. The zero-order valence-corrected chi connectivity index (χ0v) is 13.0. The molecule has 0 radical (unpaired) electrons. The number of aryl methyl sites for hydroxylation is 1. The first kappa shape index (κ1) is 15.3. The minimum Gasteiger partial charge on any atom is -0.481 e. The van der Waals surface area contributed by atoms with Crippen LogP contribution < -0.4 is 0 Å². The van der Waals surface area contributed by atoms with E-state index in [0.29, 0.717) is 12.1 Å². The van der Waals surface area contributed by atoms with Crippen molar-refractivity contribution in [1.82, 2.24) is 4.90 Å². The van der Waals surface area contributed by atoms with Gasteiger partial charge in [-0.3, -0.25) is 9.59 Å². The maximum absolute atomic E-state index is 12.6. The molecule has 1 aliphatic heterocycles. The summed E-state index contributed by atoms with van der Waals surface area (Å²) in [6.07, 6.45) is 0. The number of nitrogens with zero attached hydrogens (tertiary/aromatic N) is 1. The Bertz CT molecular complexity index is 709. The van der Waals surface area contributed by atoms with E-state index >= 15 is 0 Å². The zero-order chi connectivity index (χ0) is 16.4. The Morgan fingerprint density at radius 2 is 1.65 bits per heavy atom. The lowest BCUT2D eigenvalue weighted by atomic mass is 9.89. The molecule has 2 aromatic rings. The number of carbonyl (C=O) groups excluding carboxylic acids is 1. The number of carboxylic acids is 1. The molecule has 1 heterocycles. The van der Waals surface area contributed by atoms with Crippen molar-refractivity contribution in [2.45, 2.75) is 12.8 Å². The molecule has 1 aliphatic rings. The lowest BCUT2D eigenvalue weighted by Gasteiger charge is -2.16. The molecule has 4 nitrogen and oxygen atoms in total. The highest BCUT2D eigenvalue weighted by Crippen LogP contribution is 2.33. The van der Waals surface area contributed by atoms with E-state index in [9.17, 15) is 14.7 Å². The van der Waals surface area contributed by atoms with E-state index in [1.165, 1.54) is 0 Å². The summed E-state index contributed by atoms with van der Waals surface area (Å²) in [5.41, 5.74) is 2.67. The van der Waals surface area contributed by atoms with Gasteiger partial charge in [0.25, 0.3) is 5.91 Å². The minimum atomic E-state index is -0.849. The largest absolute Gasteiger partial charge is 0.481 e. The van der Waals surface area contributed by atoms with E-state index in [1.807, 2.05) is 49.4 Å². The Morgan fingerprint density at radius 3 is 2.26 bits per heavy atom. The van der Waals surface area contributed by atoms with Crippen molar-refractivity contribution in [1.29, 1.82) is 0 Å². The van der Waals surface area contributed by atoms with Crippen LogP contribution in [0.1, 0.15) is 27.4 Å². The maximum atomic E-state index is 12.6. The van der Waals surface area contributed by atoms with Gasteiger partial charge in [-0.2, -0.15) is 0 Å². The van der Waals surface area contributed by atoms with Gasteiger partial charge in [-0.15, -0.1) is 0 Å². The smallest absolute Gasteiger partial charge is 0.308 e. The third kappa shape index (κ3) is 3.11. The van der Waals surface area contributed by atoms with Gasteiger partial charge in [0.05, 0.1) is 5.92 Å². The van der Waals surface area contributed by atoms with Crippen molar-refractivity contribution in [3.05, 3.63) is 71.3 Å². The first-order valence-corrected chi connectivity index (χ1v) is 7.70. The Kier molecular flexibility index (Phi) is 4.15. The van der Waals surface area contributed by atoms with E-state index in [-0.39, 0.29) is 18.4 Å². The predicted octanol–water partition coefficient (Wildman–Crippen LogP) is 2.94. The van der Waals surface area contributed by atoms with Gasteiger partial charge in [0.15, 0.2) is 0 Å². The SMILES string of the molecule is Cc1ccc(C(=O)N2CC(C(=O)O)C(c3ccccc3)C2)cc1. The highest BCUT2D eigenvalue weighted by atomic mass is 16.4. The summed E-state index contributed by atoms with van der Waals surface area (Å²) in [7, 11) is 0. The van der Waals surface area contributed by atoms with Crippen LogP contribution in [0.4, 0.5) is 0 Å². The highest BCUT2D eigenvalue weighted by molar-refractivity contribution is 5.95. The molecule has 1 N–H and O–H groups in total. The average molecular weight is 309 g/mol. The summed E-state index contributed by atoms with van der Waals surface area (Å²) >= 11 is 0. The highest BCUT2D eigenvalue weighted by Gasteiger charge is 2.40. The number of carboxylic acid groups (broad SMARTS) is 1. The summed E-state index contributed by atoms with van der Waals surface area (Å²) in [5.74, 6) is -1.68. The number of aliphatic carboxylic acids is 1. The van der Waals surface area contributed by atoms with Gasteiger partial charge < -0.3 is 10.0 Å². The second-order valence-corrected chi connectivity index (χ2v) is 6.04. The number of hydrogen-bond donors (Lipinski definition) is 1. The fourth-order valence-electron chi connectivity index (χ4n) is 3.14. The number of hydrogen-bond acceptors (Lipinski definition) is 2. The van der Waals surface area contributed by atoms with Crippen LogP contribution in [0.5, 0.6) is 0 Å². The summed E-state index contributed by atoms with van der Waals surface area (Å²) in [5, 5.41) is 9.51. The van der Waals surface area contributed by atoms with Gasteiger partial charge in [0.2, 0.25) is 0 Å². The second kappa shape index (κ2) is 6.24. The molecule has 2 atom stereocenters. The van der Waals surface area contributed by atoms with Gasteiger partial charge in [-0.05, 0) is 24.6 Å². The van der Waals surface area contributed by atoms with Gasteiger partial charge >= 0.3 is 5.97 Å². The zero-order valence-electron chi connectivity index (χ0n) is 13.0. The van der Waals surface area contributed by atoms with Gasteiger partial charge in [-0.1, -0.05) is 48.0 Å². The van der Waals surface area contributed by atoms with E-state index < -0.39 is 11.9 Å². The molecule has 1 amide bonds. The van der Waals surface area contributed by atoms with Crippen molar-refractivity contribution in [2.24, 2.45) is 5.92 Å². The third-order valence-electron chi connectivity index (χ3n) is 4.45. The number of amides is 1. The Morgan fingerprint density at radius 1 is 1.00 bits per heavy atom. The maximum Gasteiger partial charge on any atom is 0.308 e. The quantitative estimate of drug-likeness (QED) is 0.948. The summed E-state index contributed by atoms with van der Waals surface area (Å²) in [6, 6.07) is 17.0. The average Bonchev–Trinajstić information content (AvgIpc) is 3.01. The molecule has 1 saturated heterocycles. The molecule has 3 rings (SSSR count). The fourth-order valence-corrected chi connectivity index (χ4v) is 3.14. The molecule has 118 valence electrons. The molecule has 0 saturated carbocycles. The standard InChI is InChI=1S/C19H19NO3/c1-13-7-9-15(10-8-13)18(21)20-11-16(17(12-20)19(22)23)14-5-3-2-4-6-14/h2-10,16-17H,11-12H2,1H3,(H,22,23). The third-order valence-corrected chi connectivity index (χ3v) is 4.45. The van der Waals surface area contributed by atoms with Gasteiger partial charge in [0.1, 0.15) is 0 Å². The Hall–Kier alpha value is -2.62. The molecular weight excluding hydrogens is 290 g/mol. The molecule has 4 heteroatoms. The van der Waals surface area contributed by atoms with E-state index in [4.69, 9.17) is 0 Å². The molecule has 1 fully saturated rings. The first-order valence-electron chi connectivity index (χ1n) is 7.70. The molecule has 0 spiro atoms. The molecule has 0 aliphatic carbocycles. The summed E-state index contributed by atoms with van der Waals surface area (Å²) in [6.45, 7) is 2.66. The van der Waals surface area contributed by atoms with Crippen molar-refractivity contribution in [3.63, 3.8) is 0 Å². The minimum absolute atomic E-state index is 0.102. The molecule has 2 unspecified atom stereocenters. The molecular formula is C19H19NO3. The summed E-state index contributed by atoms with van der Waals surface area (Å²) < 4.78 is 0. The topological polar surface area (TPSA) is 57.6 Å². The number of carbonyl (C=O) groups is 2. The normalized spacial score (nSPS) is 20.5. The van der Waals surface area contributed by atoms with Crippen LogP contribution in [-0.2, 0) is 4.79 Å². The van der Waals surface area contributed by atoms with E-state index in [1.54, 1.807) is 17.0 Å². The van der Waals surface area contributed by atoms with Crippen LogP contribution in [0.3, 0.4) is 0 Å². The molecule has 2 aromatic carbocycles. The Labute approximate surface area is 135 Å². The number of rotatable bonds is 3. The summed E-state index contributed by atoms with van der Waals surface area (Å²) in [4.78, 5) is 25.9. The molecule has 23 heavy (non-hydrogen) atoms. The van der Waals surface area contributed by atoms with Crippen LogP contribution in [0.25, 0.3) is 0 Å². The van der Waals surface area contributed by atoms with E-state index in [2.05, 4.69) is 0 Å². The van der Waals surface area contributed by atoms with Crippen molar-refractivity contribution < 1.29 is 14.7 Å².